The molecule has 0 aliphatic rings. The fraction of sp³-hybridized carbons (Fsp3) is 0.0714. The molecule has 0 atom stereocenters. The minimum atomic E-state index is -0.553. The van der Waals surface area contributed by atoms with E-state index in [0.717, 1.165) is 22.3 Å². The van der Waals surface area contributed by atoms with Gasteiger partial charge in [-0.1, -0.05) is 60.7 Å². The topological polar surface area (TPSA) is 116 Å². The third-order valence-corrected chi connectivity index (χ3v) is 5.73. The molecule has 8 heteroatoms. The van der Waals surface area contributed by atoms with Crippen LogP contribution in [0.25, 0.3) is 33.4 Å². The molecule has 0 aliphatic carbocycles. The molecule has 5 rings (SSSR count). The maximum Gasteiger partial charge on any atom is 0.270 e. The number of benzene rings is 3. The first-order valence-corrected chi connectivity index (χ1v) is 11.1. The summed E-state index contributed by atoms with van der Waals surface area (Å²) in [7, 11) is 1.59. The second kappa shape index (κ2) is 9.60. The number of aryl methyl sites for hydroxylation is 1. The second-order valence-corrected chi connectivity index (χ2v) is 7.98. The van der Waals surface area contributed by atoms with Crippen LogP contribution < -0.4 is 15.7 Å². The minimum absolute atomic E-state index is 0.0646. The molecule has 0 unspecified atom stereocenters. The first-order chi connectivity index (χ1) is 17.6. The van der Waals surface area contributed by atoms with Crippen molar-refractivity contribution in [2.45, 2.75) is 6.92 Å². The molecule has 2 heterocycles. The predicted octanol–water partition coefficient (Wildman–Crippen LogP) is 5.48. The lowest BCUT2D eigenvalue weighted by Crippen LogP contribution is -2.16. The molecule has 8 nitrogen and oxygen atoms in total. The maximum absolute atomic E-state index is 12.5. The lowest BCUT2D eigenvalue weighted by Gasteiger charge is -2.07. The number of methoxy groups -OCH3 is 1. The summed E-state index contributed by atoms with van der Waals surface area (Å²) in [5.41, 5.74) is 6.50. The van der Waals surface area contributed by atoms with Crippen LogP contribution in [0.1, 0.15) is 16.9 Å². The van der Waals surface area contributed by atoms with E-state index in [1.807, 2.05) is 73.7 Å². The van der Waals surface area contributed by atoms with Crippen LogP contribution in [0.4, 0.5) is 5.95 Å². The highest BCUT2D eigenvalue weighted by atomic mass is 16.5. The van der Waals surface area contributed by atoms with Gasteiger partial charge in [0.1, 0.15) is 28.7 Å². The minimum Gasteiger partial charge on any atom is -0.496 e. The smallest absolute Gasteiger partial charge is 0.270 e. The molecule has 0 amide bonds. The Morgan fingerprint density at radius 2 is 1.78 bits per heavy atom. The summed E-state index contributed by atoms with van der Waals surface area (Å²) < 4.78 is 11.6. The monoisotopic (exact) mass is 475 g/mol. The number of ether oxygens (including phenoxy) is 1. The molecule has 36 heavy (non-hydrogen) atoms. The number of rotatable bonds is 6. The van der Waals surface area contributed by atoms with Crippen molar-refractivity contribution in [3.8, 4) is 34.2 Å². The van der Waals surface area contributed by atoms with E-state index in [1.165, 1.54) is 0 Å². The second-order valence-electron chi connectivity index (χ2n) is 7.98. The van der Waals surface area contributed by atoms with E-state index >= 15 is 0 Å². The van der Waals surface area contributed by atoms with Gasteiger partial charge < -0.3 is 9.15 Å². The van der Waals surface area contributed by atoms with E-state index in [2.05, 4.69) is 20.5 Å². The highest BCUT2D eigenvalue weighted by molar-refractivity contribution is 6.00. The molecular weight excluding hydrogens is 454 g/mol. The summed E-state index contributed by atoms with van der Waals surface area (Å²) in [6.07, 6.45) is 1.55. The predicted molar refractivity (Wildman–Crippen MR) is 139 cm³/mol. The van der Waals surface area contributed by atoms with Crippen LogP contribution >= 0.6 is 0 Å². The van der Waals surface area contributed by atoms with Crippen molar-refractivity contribution in [2.75, 3.05) is 12.5 Å². The number of aromatic amines is 1. The maximum atomic E-state index is 12.5. The number of furan rings is 1. The summed E-state index contributed by atoms with van der Waals surface area (Å²) in [6.45, 7) is 1.93. The van der Waals surface area contributed by atoms with Crippen molar-refractivity contribution < 1.29 is 9.15 Å². The number of nitrogens with one attached hydrogen (secondary N) is 2. The molecule has 0 fully saturated rings. The number of nitriles is 1. The average Bonchev–Trinajstić information content (AvgIpc) is 3.23. The Kier molecular flexibility index (Phi) is 6.03. The Labute approximate surface area is 206 Å². The zero-order valence-corrected chi connectivity index (χ0v) is 19.6. The normalized spacial score (nSPS) is 11.0. The molecule has 0 spiro atoms. The van der Waals surface area contributed by atoms with Crippen molar-refractivity contribution in [3.05, 3.63) is 100 Å². The number of hydrogen-bond acceptors (Lipinski definition) is 7. The molecule has 176 valence electrons. The highest BCUT2D eigenvalue weighted by Crippen LogP contribution is 2.37. The standard InChI is InChI=1S/C28H21N5O3/c1-17-25(18-9-5-3-6-10-18)21-14-23(35-2)20(13-24(21)36-17)16-30-33-28-31-26(19-11-7-4-8-12-19)22(15-29)27(34)32-28/h3-14,16H,1-2H3,(H2,31,32,33,34). The van der Waals surface area contributed by atoms with Gasteiger partial charge in [-0.15, -0.1) is 0 Å². The van der Waals surface area contributed by atoms with Gasteiger partial charge in [-0.3, -0.25) is 9.78 Å². The highest BCUT2D eigenvalue weighted by Gasteiger charge is 2.16. The van der Waals surface area contributed by atoms with Gasteiger partial charge in [0.2, 0.25) is 5.95 Å². The Hall–Kier alpha value is -5.16. The Morgan fingerprint density at radius 3 is 2.44 bits per heavy atom. The zero-order valence-electron chi connectivity index (χ0n) is 19.6. The fourth-order valence-corrected chi connectivity index (χ4v) is 4.10. The molecule has 0 aliphatic heterocycles. The van der Waals surface area contributed by atoms with Gasteiger partial charge in [-0.2, -0.15) is 10.4 Å². The van der Waals surface area contributed by atoms with E-state index < -0.39 is 5.56 Å². The molecule has 5 aromatic rings. The quantitative estimate of drug-likeness (QED) is 0.248. The average molecular weight is 476 g/mol. The summed E-state index contributed by atoms with van der Waals surface area (Å²) in [5, 5.41) is 14.6. The molecule has 2 N–H and O–H groups in total. The van der Waals surface area contributed by atoms with E-state index in [0.29, 0.717) is 22.5 Å². The number of fused-ring (bicyclic) bond motifs is 1. The fourth-order valence-electron chi connectivity index (χ4n) is 4.10. The number of hydrazone groups is 1. The van der Waals surface area contributed by atoms with Crippen LogP contribution in [-0.2, 0) is 0 Å². The van der Waals surface area contributed by atoms with Crippen LogP contribution in [-0.4, -0.2) is 23.3 Å². The van der Waals surface area contributed by atoms with Gasteiger partial charge in [0.15, 0.2) is 0 Å². The van der Waals surface area contributed by atoms with Crippen LogP contribution in [0.3, 0.4) is 0 Å². The number of anilines is 1. The van der Waals surface area contributed by atoms with E-state index in [9.17, 15) is 10.1 Å². The third kappa shape index (κ3) is 4.21. The van der Waals surface area contributed by atoms with E-state index in [4.69, 9.17) is 9.15 Å². The number of hydrogen-bond donors (Lipinski definition) is 2. The van der Waals surface area contributed by atoms with Gasteiger partial charge in [0, 0.05) is 22.1 Å². The van der Waals surface area contributed by atoms with Crippen molar-refractivity contribution in [3.63, 3.8) is 0 Å². The molecule has 3 aromatic carbocycles. The third-order valence-electron chi connectivity index (χ3n) is 5.73. The molecule has 0 saturated heterocycles. The Bertz CT molecular complexity index is 1680. The summed E-state index contributed by atoms with van der Waals surface area (Å²) in [4.78, 5) is 19.4. The van der Waals surface area contributed by atoms with Gasteiger partial charge in [-0.25, -0.2) is 10.4 Å². The lowest BCUT2D eigenvalue weighted by molar-refractivity contribution is 0.414. The Balaban J connectivity index is 1.49. The van der Waals surface area contributed by atoms with Crippen molar-refractivity contribution in [1.29, 1.82) is 5.26 Å². The van der Waals surface area contributed by atoms with Crippen LogP contribution in [0.5, 0.6) is 5.75 Å². The lowest BCUT2D eigenvalue weighted by atomic mass is 10.0. The van der Waals surface area contributed by atoms with Gasteiger partial charge in [0.05, 0.1) is 19.0 Å². The number of H-pyrrole nitrogens is 1. The van der Waals surface area contributed by atoms with Crippen LogP contribution in [0.15, 0.2) is 87.1 Å². The van der Waals surface area contributed by atoms with Gasteiger partial charge >= 0.3 is 0 Å². The molecule has 0 radical (unpaired) electrons. The van der Waals surface area contributed by atoms with Crippen LogP contribution in [0, 0.1) is 18.3 Å². The molecule has 0 bridgehead atoms. The number of nitrogens with zero attached hydrogens (tertiary/aromatic N) is 3. The summed E-state index contributed by atoms with van der Waals surface area (Å²) >= 11 is 0. The first kappa shape index (κ1) is 22.6. The van der Waals surface area contributed by atoms with Crippen molar-refractivity contribution in [2.24, 2.45) is 5.10 Å². The van der Waals surface area contributed by atoms with Gasteiger partial charge in [-0.05, 0) is 24.6 Å². The largest absolute Gasteiger partial charge is 0.496 e. The zero-order chi connectivity index (χ0) is 25.1. The van der Waals surface area contributed by atoms with Crippen molar-refractivity contribution >= 4 is 23.1 Å². The van der Waals surface area contributed by atoms with E-state index in [-0.39, 0.29) is 17.2 Å². The first-order valence-electron chi connectivity index (χ1n) is 11.1. The summed E-state index contributed by atoms with van der Waals surface area (Å²) in [6, 6.07) is 24.8. The number of aromatic nitrogens is 2. The van der Waals surface area contributed by atoms with Crippen LogP contribution in [0.2, 0.25) is 0 Å². The summed E-state index contributed by atoms with van der Waals surface area (Å²) in [5.74, 6) is 1.52. The van der Waals surface area contributed by atoms with E-state index in [1.54, 1.807) is 25.5 Å². The van der Waals surface area contributed by atoms with Crippen molar-refractivity contribution in [1.82, 2.24) is 9.97 Å². The molecule has 0 saturated carbocycles. The molecule has 2 aromatic heterocycles. The Morgan fingerprint density at radius 1 is 1.08 bits per heavy atom. The van der Waals surface area contributed by atoms with Gasteiger partial charge in [0.25, 0.3) is 5.56 Å². The molecular formula is C28H21N5O3. The SMILES string of the molecule is COc1cc2c(-c3ccccc3)c(C)oc2cc1C=NNc1nc(-c2ccccc2)c(C#N)c(=O)[nH]1.